The van der Waals surface area contributed by atoms with E-state index >= 15 is 0 Å². The monoisotopic (exact) mass is 308 g/mol. The third-order valence-electron chi connectivity index (χ3n) is 3.28. The Morgan fingerprint density at radius 2 is 2.00 bits per heavy atom. The molecule has 2 heterocycles. The average molecular weight is 308 g/mol. The van der Waals surface area contributed by atoms with Gasteiger partial charge in [-0.05, 0) is 47.0 Å². The average Bonchev–Trinajstić information content (AvgIpc) is 3.09. The zero-order valence-electron chi connectivity index (χ0n) is 12.3. The molecule has 2 aromatic heterocycles. The Balaban J connectivity index is 2.01. The second-order valence-electron chi connectivity index (χ2n) is 4.97. The number of aromatic nitrogens is 1. The van der Waals surface area contributed by atoms with Gasteiger partial charge in [-0.2, -0.15) is 0 Å². The standard InChI is InChI=1S/C17H16N4O2/c18-15-8-13(12-4-1-3-11(7-12)10-22)9-16(20-15)21-17(19)14-5-2-6-23-14/h1-9,22H,10H2,(H4,18,19,20,21). The fourth-order valence-electron chi connectivity index (χ4n) is 2.21. The van der Waals surface area contributed by atoms with Gasteiger partial charge >= 0.3 is 0 Å². The predicted octanol–water partition coefficient (Wildman–Crippen LogP) is 2.45. The number of nitrogens with zero attached hydrogens (tertiary/aromatic N) is 2. The summed E-state index contributed by atoms with van der Waals surface area (Å²) >= 11 is 0. The number of anilines is 1. The van der Waals surface area contributed by atoms with E-state index in [1.54, 1.807) is 24.3 Å². The lowest BCUT2D eigenvalue weighted by Gasteiger charge is -2.06. The molecular formula is C17H16N4O2. The summed E-state index contributed by atoms with van der Waals surface area (Å²) in [6.45, 7) is -0.0230. The summed E-state index contributed by atoms with van der Waals surface area (Å²) in [5.41, 5.74) is 14.3. The Bertz CT molecular complexity index is 842. The van der Waals surface area contributed by atoms with Gasteiger partial charge in [0.15, 0.2) is 17.4 Å². The molecule has 0 atom stereocenters. The van der Waals surface area contributed by atoms with E-state index in [0.29, 0.717) is 17.4 Å². The van der Waals surface area contributed by atoms with E-state index in [4.69, 9.17) is 15.9 Å². The maximum atomic E-state index is 9.26. The van der Waals surface area contributed by atoms with Gasteiger partial charge in [-0.15, -0.1) is 0 Å². The first kappa shape index (κ1) is 14.8. The predicted molar refractivity (Wildman–Crippen MR) is 89.1 cm³/mol. The van der Waals surface area contributed by atoms with Gasteiger partial charge in [0.2, 0.25) is 0 Å². The van der Waals surface area contributed by atoms with E-state index in [2.05, 4.69) is 9.98 Å². The Kier molecular flexibility index (Phi) is 4.07. The van der Waals surface area contributed by atoms with E-state index in [0.717, 1.165) is 16.7 Å². The molecule has 0 saturated heterocycles. The van der Waals surface area contributed by atoms with E-state index in [9.17, 15) is 5.11 Å². The first-order chi connectivity index (χ1) is 11.2. The van der Waals surface area contributed by atoms with Crippen LogP contribution in [-0.2, 0) is 6.61 Å². The van der Waals surface area contributed by atoms with Crippen LogP contribution in [0.15, 0.2) is 64.2 Å². The van der Waals surface area contributed by atoms with Crippen molar-refractivity contribution in [3.63, 3.8) is 0 Å². The van der Waals surface area contributed by atoms with Crippen LogP contribution in [-0.4, -0.2) is 15.9 Å². The summed E-state index contributed by atoms with van der Waals surface area (Å²) < 4.78 is 5.20. The molecule has 0 spiro atoms. The van der Waals surface area contributed by atoms with Crippen molar-refractivity contribution in [1.82, 2.24) is 4.98 Å². The molecule has 23 heavy (non-hydrogen) atoms. The van der Waals surface area contributed by atoms with Crippen molar-refractivity contribution in [3.05, 3.63) is 66.1 Å². The highest BCUT2D eigenvalue weighted by Gasteiger charge is 2.06. The first-order valence-corrected chi connectivity index (χ1v) is 7.01. The van der Waals surface area contributed by atoms with Crippen molar-refractivity contribution in [1.29, 1.82) is 0 Å². The Morgan fingerprint density at radius 1 is 1.13 bits per heavy atom. The normalized spacial score (nSPS) is 11.6. The van der Waals surface area contributed by atoms with Crippen molar-refractivity contribution in [2.24, 2.45) is 10.7 Å². The van der Waals surface area contributed by atoms with Crippen LogP contribution < -0.4 is 11.5 Å². The SMILES string of the molecule is N/C(=N\c1cc(-c2cccc(CO)c2)cc(N)n1)c1ccco1. The maximum Gasteiger partial charge on any atom is 0.169 e. The fourth-order valence-corrected chi connectivity index (χ4v) is 2.21. The minimum Gasteiger partial charge on any atom is -0.461 e. The molecule has 0 radical (unpaired) electrons. The Hall–Kier alpha value is -3.12. The lowest BCUT2D eigenvalue weighted by atomic mass is 10.0. The van der Waals surface area contributed by atoms with Crippen LogP contribution in [0.3, 0.4) is 0 Å². The largest absolute Gasteiger partial charge is 0.461 e. The summed E-state index contributed by atoms with van der Waals surface area (Å²) in [4.78, 5) is 8.42. The molecule has 0 amide bonds. The molecular weight excluding hydrogens is 292 g/mol. The van der Waals surface area contributed by atoms with Gasteiger partial charge in [-0.25, -0.2) is 9.98 Å². The molecule has 0 fully saturated rings. The van der Waals surface area contributed by atoms with E-state index in [-0.39, 0.29) is 12.4 Å². The van der Waals surface area contributed by atoms with Crippen molar-refractivity contribution in [3.8, 4) is 11.1 Å². The van der Waals surface area contributed by atoms with Crippen LogP contribution >= 0.6 is 0 Å². The second kappa shape index (κ2) is 6.33. The van der Waals surface area contributed by atoms with Gasteiger partial charge in [-0.1, -0.05) is 18.2 Å². The summed E-state index contributed by atoms with van der Waals surface area (Å²) in [6.07, 6.45) is 1.52. The highest BCUT2D eigenvalue weighted by molar-refractivity contribution is 5.96. The lowest BCUT2D eigenvalue weighted by Crippen LogP contribution is -2.11. The number of aliphatic imine (C=N–C) groups is 1. The van der Waals surface area contributed by atoms with Crippen molar-refractivity contribution >= 4 is 17.5 Å². The topological polar surface area (TPSA) is 111 Å². The number of rotatable bonds is 4. The van der Waals surface area contributed by atoms with Gasteiger partial charge in [-0.3, -0.25) is 0 Å². The summed E-state index contributed by atoms with van der Waals surface area (Å²) in [7, 11) is 0. The number of aliphatic hydroxyl groups is 1. The van der Waals surface area contributed by atoms with Crippen molar-refractivity contribution < 1.29 is 9.52 Å². The number of pyridine rings is 1. The minimum absolute atomic E-state index is 0.0230. The van der Waals surface area contributed by atoms with Crippen LogP contribution in [0, 0.1) is 0 Å². The van der Waals surface area contributed by atoms with Crippen LogP contribution in [0.1, 0.15) is 11.3 Å². The summed E-state index contributed by atoms with van der Waals surface area (Å²) in [5, 5.41) is 9.26. The molecule has 116 valence electrons. The lowest BCUT2D eigenvalue weighted by molar-refractivity contribution is 0.282. The van der Waals surface area contributed by atoms with Gasteiger partial charge in [0, 0.05) is 0 Å². The minimum atomic E-state index is -0.0230. The van der Waals surface area contributed by atoms with Crippen LogP contribution in [0.2, 0.25) is 0 Å². The van der Waals surface area contributed by atoms with Gasteiger partial charge in [0.1, 0.15) is 5.82 Å². The third kappa shape index (κ3) is 3.38. The molecule has 6 heteroatoms. The number of amidine groups is 1. The molecule has 3 rings (SSSR count). The van der Waals surface area contributed by atoms with Crippen LogP contribution in [0.25, 0.3) is 11.1 Å². The van der Waals surface area contributed by atoms with Gasteiger partial charge < -0.3 is 21.0 Å². The molecule has 0 bridgehead atoms. The molecule has 0 saturated carbocycles. The van der Waals surface area contributed by atoms with Crippen LogP contribution in [0.5, 0.6) is 0 Å². The zero-order chi connectivity index (χ0) is 16.2. The second-order valence-corrected chi connectivity index (χ2v) is 4.97. The Morgan fingerprint density at radius 3 is 2.74 bits per heavy atom. The zero-order valence-corrected chi connectivity index (χ0v) is 12.3. The smallest absolute Gasteiger partial charge is 0.169 e. The van der Waals surface area contributed by atoms with Gasteiger partial charge in [0.25, 0.3) is 0 Å². The number of benzene rings is 1. The molecule has 5 N–H and O–H groups in total. The Labute approximate surface area is 133 Å². The molecule has 0 unspecified atom stereocenters. The molecule has 1 aromatic carbocycles. The maximum absolute atomic E-state index is 9.26. The first-order valence-electron chi connectivity index (χ1n) is 7.01. The molecule has 0 aliphatic carbocycles. The van der Waals surface area contributed by atoms with Crippen LogP contribution in [0.4, 0.5) is 11.6 Å². The fraction of sp³-hybridized carbons (Fsp3) is 0.0588. The number of hydrogen-bond donors (Lipinski definition) is 3. The number of furan rings is 1. The molecule has 0 aliphatic rings. The number of nitrogens with two attached hydrogens (primary N) is 2. The summed E-state index contributed by atoms with van der Waals surface area (Å²) in [6, 6.07) is 14.5. The van der Waals surface area contributed by atoms with Gasteiger partial charge in [0.05, 0.1) is 12.9 Å². The number of hydrogen-bond acceptors (Lipinski definition) is 5. The molecule has 3 aromatic rings. The molecule has 6 nitrogen and oxygen atoms in total. The van der Waals surface area contributed by atoms with Crippen molar-refractivity contribution in [2.45, 2.75) is 6.61 Å². The summed E-state index contributed by atoms with van der Waals surface area (Å²) in [5.74, 6) is 1.42. The highest BCUT2D eigenvalue weighted by atomic mass is 16.3. The third-order valence-corrected chi connectivity index (χ3v) is 3.28. The number of aliphatic hydroxyl groups excluding tert-OH is 1. The van der Waals surface area contributed by atoms with Crippen molar-refractivity contribution in [2.75, 3.05) is 5.73 Å². The van der Waals surface area contributed by atoms with E-state index in [1.165, 1.54) is 6.26 Å². The number of nitrogen functional groups attached to an aromatic ring is 1. The highest BCUT2D eigenvalue weighted by Crippen LogP contribution is 2.26. The van der Waals surface area contributed by atoms with E-state index < -0.39 is 0 Å². The van der Waals surface area contributed by atoms with E-state index in [1.807, 2.05) is 24.3 Å². The molecule has 0 aliphatic heterocycles. The quantitative estimate of drug-likeness (QED) is 0.506.